The number of carbonyl (C=O) groups is 4. The van der Waals surface area contributed by atoms with E-state index in [2.05, 4.69) is 10.6 Å². The quantitative estimate of drug-likeness (QED) is 0.573. The van der Waals surface area contributed by atoms with Crippen molar-refractivity contribution in [1.29, 1.82) is 0 Å². The zero-order valence-corrected chi connectivity index (χ0v) is 14.5. The first-order chi connectivity index (χ1) is 11.2. The Morgan fingerprint density at radius 2 is 0.960 bits per heavy atom. The number of carbonyl (C=O) groups excluding carboxylic acids is 1. The van der Waals surface area contributed by atoms with Crippen molar-refractivity contribution in [2.75, 3.05) is 0 Å². The second kappa shape index (κ2) is 11.0. The smallest absolute Gasteiger partial charge is 0.643 e. The van der Waals surface area contributed by atoms with Crippen LogP contribution in [0.25, 0.3) is 10.6 Å². The van der Waals surface area contributed by atoms with Crippen LogP contribution in [0.4, 0.5) is 0 Å². The van der Waals surface area contributed by atoms with Crippen molar-refractivity contribution in [3.8, 4) is 0 Å². The predicted molar refractivity (Wildman–Crippen MR) is 77.5 cm³/mol. The third-order valence-electron chi connectivity index (χ3n) is 3.76. The van der Waals surface area contributed by atoms with Gasteiger partial charge in [-0.25, -0.2) is 0 Å². The monoisotopic (exact) mass is 395 g/mol. The van der Waals surface area contributed by atoms with Crippen molar-refractivity contribution in [3.63, 3.8) is 0 Å². The van der Waals surface area contributed by atoms with Crippen LogP contribution in [0.5, 0.6) is 0 Å². The fourth-order valence-electron chi connectivity index (χ4n) is 2.48. The van der Waals surface area contributed by atoms with Crippen LogP contribution in [0.1, 0.15) is 38.5 Å². The maximum atomic E-state index is 10.4. The van der Waals surface area contributed by atoms with Gasteiger partial charge in [-0.05, 0) is 18.1 Å². The number of rotatable bonds is 4. The Balaban J connectivity index is 0.000000443. The Labute approximate surface area is 154 Å². The van der Waals surface area contributed by atoms with Crippen LogP contribution in [0.2, 0.25) is 0 Å². The Morgan fingerprint density at radius 1 is 0.680 bits per heavy atom. The number of hydrogen-bond acceptors (Lipinski definition) is 5. The summed E-state index contributed by atoms with van der Waals surface area (Å²) in [5, 5.41) is 43.3. The maximum absolute atomic E-state index is 10.4. The summed E-state index contributed by atoms with van der Waals surface area (Å²) < 4.78 is 0. The molecule has 4 unspecified atom stereocenters. The van der Waals surface area contributed by atoms with Gasteiger partial charge in [0.1, 0.15) is 0 Å². The molecule has 0 aliphatic carbocycles. The van der Waals surface area contributed by atoms with Gasteiger partial charge in [0.25, 0.3) is 17.9 Å². The SMILES string of the molecule is O=C(O)C1CCCC(C(=O)O)[N-]1.O=C([O-])C1CCCC(C(=O)O)[N-]1.[Cr+2]. The fourth-order valence-corrected chi connectivity index (χ4v) is 2.48. The van der Waals surface area contributed by atoms with E-state index in [-0.39, 0.29) is 17.4 Å². The van der Waals surface area contributed by atoms with Crippen LogP contribution in [0, 0.1) is 0 Å². The van der Waals surface area contributed by atoms with Crippen molar-refractivity contribution in [2.24, 2.45) is 0 Å². The summed E-state index contributed by atoms with van der Waals surface area (Å²) in [6.45, 7) is 0. The molecule has 0 aromatic heterocycles. The minimum atomic E-state index is -1.28. The summed E-state index contributed by atoms with van der Waals surface area (Å²) in [5.74, 6) is -4.39. The van der Waals surface area contributed by atoms with E-state index in [1.807, 2.05) is 0 Å². The van der Waals surface area contributed by atoms with Crippen LogP contribution in [-0.2, 0) is 36.5 Å². The molecule has 2 aliphatic heterocycles. The average Bonchev–Trinajstić information content (AvgIpc) is 2.55. The first-order valence-electron chi connectivity index (χ1n) is 7.51. The van der Waals surface area contributed by atoms with Crippen LogP contribution < -0.4 is 5.11 Å². The molecule has 0 aromatic rings. The molecule has 0 saturated carbocycles. The molecule has 2 aliphatic rings. The zero-order valence-electron chi connectivity index (χ0n) is 13.2. The van der Waals surface area contributed by atoms with Crippen molar-refractivity contribution in [3.05, 3.63) is 10.6 Å². The predicted octanol–water partition coefficient (Wildman–Crippen LogP) is -0.436. The molecule has 2 heterocycles. The van der Waals surface area contributed by atoms with Gasteiger partial charge in [-0.15, -0.1) is 0 Å². The Bertz CT molecular complexity index is 417. The van der Waals surface area contributed by atoms with Gasteiger partial charge >= 0.3 is 17.4 Å². The molecule has 25 heavy (non-hydrogen) atoms. The van der Waals surface area contributed by atoms with E-state index in [1.165, 1.54) is 0 Å². The van der Waals surface area contributed by atoms with Gasteiger partial charge in [-0.1, -0.05) is 44.6 Å². The summed E-state index contributed by atoms with van der Waals surface area (Å²) in [7, 11) is 0. The van der Waals surface area contributed by atoms with Crippen molar-refractivity contribution >= 4 is 23.9 Å². The number of hydrogen-bond donors (Lipinski definition) is 3. The maximum Gasteiger partial charge on any atom is 2.00 e. The molecule has 3 N–H and O–H groups in total. The molecule has 0 amide bonds. The standard InChI is InChI=1S/2C7H10NO4.Cr/c2*9-6(10)4-2-1-3-5(8-4)7(11)12;/h2*4-5H,1-3H2,(H,9,10)(H,11,12);/q2*-1;+2/p-1. The fraction of sp³-hybridized carbons (Fsp3) is 0.714. The van der Waals surface area contributed by atoms with Crippen LogP contribution in [0.15, 0.2) is 0 Å². The van der Waals surface area contributed by atoms with E-state index in [0.29, 0.717) is 38.5 Å². The van der Waals surface area contributed by atoms with E-state index in [1.54, 1.807) is 0 Å². The van der Waals surface area contributed by atoms with Crippen molar-refractivity contribution in [1.82, 2.24) is 0 Å². The minimum Gasteiger partial charge on any atom is -0.643 e. The molecule has 140 valence electrons. The molecule has 11 heteroatoms. The number of aliphatic carboxylic acids is 4. The van der Waals surface area contributed by atoms with Crippen LogP contribution >= 0.6 is 0 Å². The van der Waals surface area contributed by atoms with E-state index in [4.69, 9.17) is 15.3 Å². The van der Waals surface area contributed by atoms with E-state index < -0.39 is 48.0 Å². The molecular formula is C14H19CrN2O8-. The van der Waals surface area contributed by atoms with Crippen molar-refractivity contribution < 1.29 is 57.0 Å². The summed E-state index contributed by atoms with van der Waals surface area (Å²) in [6.07, 6.45) is 2.94. The summed E-state index contributed by atoms with van der Waals surface area (Å²) in [4.78, 5) is 41.6. The molecular weight excluding hydrogens is 376 g/mol. The van der Waals surface area contributed by atoms with Gasteiger partial charge in [0, 0.05) is 5.97 Å². The third kappa shape index (κ3) is 7.83. The number of carboxylic acids is 4. The molecule has 2 fully saturated rings. The second-order valence-corrected chi connectivity index (χ2v) is 5.56. The Morgan fingerprint density at radius 3 is 1.24 bits per heavy atom. The minimum absolute atomic E-state index is 0. The number of nitrogens with zero attached hydrogens (tertiary/aromatic N) is 2. The van der Waals surface area contributed by atoms with E-state index in [9.17, 15) is 24.3 Å². The van der Waals surface area contributed by atoms with Gasteiger partial charge in [0.2, 0.25) is 0 Å². The topological polar surface area (TPSA) is 180 Å². The molecule has 2 rings (SSSR count). The van der Waals surface area contributed by atoms with Gasteiger partial charge in [0.15, 0.2) is 0 Å². The molecule has 0 spiro atoms. The molecule has 10 nitrogen and oxygen atoms in total. The molecule has 0 bridgehead atoms. The van der Waals surface area contributed by atoms with Gasteiger partial charge in [0.05, 0.1) is 0 Å². The Hall–Kier alpha value is -1.67. The van der Waals surface area contributed by atoms with Crippen LogP contribution in [-0.4, -0.2) is 63.4 Å². The molecule has 0 aromatic carbocycles. The normalized spacial score (nSPS) is 28.5. The van der Waals surface area contributed by atoms with Gasteiger partial charge < -0.3 is 35.9 Å². The Kier molecular flexibility index (Phi) is 10.3. The zero-order chi connectivity index (χ0) is 18.3. The largest absolute Gasteiger partial charge is 2.00 e. The van der Waals surface area contributed by atoms with Crippen LogP contribution in [0.3, 0.4) is 0 Å². The number of piperidine rings is 2. The first-order valence-corrected chi connectivity index (χ1v) is 7.51. The summed E-state index contributed by atoms with van der Waals surface area (Å²) in [5.41, 5.74) is 0. The third-order valence-corrected chi connectivity index (χ3v) is 3.76. The summed E-state index contributed by atoms with van der Waals surface area (Å²) in [6, 6.07) is -3.43. The molecule has 2 saturated heterocycles. The first kappa shape index (κ1) is 23.3. The second-order valence-electron chi connectivity index (χ2n) is 5.56. The molecule has 0 radical (unpaired) electrons. The van der Waals surface area contributed by atoms with E-state index in [0.717, 1.165) is 0 Å². The average molecular weight is 395 g/mol. The number of carboxylic acid groups (broad SMARTS) is 4. The summed E-state index contributed by atoms with van der Waals surface area (Å²) >= 11 is 0. The van der Waals surface area contributed by atoms with Crippen molar-refractivity contribution in [2.45, 2.75) is 62.7 Å². The van der Waals surface area contributed by atoms with Gasteiger partial charge in [-0.3, -0.25) is 14.4 Å². The van der Waals surface area contributed by atoms with Gasteiger partial charge in [-0.2, -0.15) is 0 Å². The van der Waals surface area contributed by atoms with E-state index >= 15 is 0 Å². The molecule has 4 atom stereocenters.